The van der Waals surface area contributed by atoms with Crippen LogP contribution < -0.4 is 10.6 Å². The molecule has 1 saturated heterocycles. The second kappa shape index (κ2) is 6.58. The summed E-state index contributed by atoms with van der Waals surface area (Å²) in [6, 6.07) is -0.238. The Morgan fingerprint density at radius 2 is 1.74 bits per heavy atom. The van der Waals surface area contributed by atoms with E-state index in [1.54, 1.807) is 0 Å². The molecule has 5 atom stereocenters. The zero-order chi connectivity index (χ0) is 13.9. The van der Waals surface area contributed by atoms with Gasteiger partial charge < -0.3 is 9.79 Å². The van der Waals surface area contributed by atoms with Crippen molar-refractivity contribution in [3.63, 3.8) is 0 Å². The van der Waals surface area contributed by atoms with Gasteiger partial charge in [0.25, 0.3) is 0 Å². The molecule has 19 heavy (non-hydrogen) atoms. The van der Waals surface area contributed by atoms with Crippen molar-refractivity contribution in [2.75, 3.05) is 0 Å². The quantitative estimate of drug-likeness (QED) is 0.488. The minimum atomic E-state index is -4.68. The van der Waals surface area contributed by atoms with Gasteiger partial charge in [0, 0.05) is 12.1 Å². The van der Waals surface area contributed by atoms with E-state index < -0.39 is 24.6 Å². The highest BCUT2D eigenvalue weighted by Crippen LogP contribution is 2.62. The number of hydrogen-bond donors (Lipinski definition) is 4. The summed E-state index contributed by atoms with van der Waals surface area (Å²) in [5, 5.41) is 2.99. The molecular weight excluding hydrogens is 317 g/mol. The molecule has 12 heteroatoms. The Morgan fingerprint density at radius 3 is 2.47 bits per heavy atom. The molecule has 1 aliphatic heterocycles. The van der Waals surface area contributed by atoms with E-state index in [1.165, 1.54) is 0 Å². The standard InChI is InChI=1S/C7H17N2O7P3/c10-18(11)14-8-6-4-2-1-3-5-7(6)9-17-15-19(12,13)16-18/h6-9,17H,1-5H2,(H,10,11)(H,12,13)/t6-,7-/m1/s1. The van der Waals surface area contributed by atoms with E-state index in [0.29, 0.717) is 0 Å². The van der Waals surface area contributed by atoms with Gasteiger partial charge in [-0.2, -0.15) is 14.4 Å². The second-order valence-corrected chi connectivity index (χ2v) is 8.35. The van der Waals surface area contributed by atoms with Crippen molar-refractivity contribution in [3.05, 3.63) is 0 Å². The molecule has 9 nitrogen and oxygen atoms in total. The first-order valence-corrected chi connectivity index (χ1v) is 9.78. The Bertz CT molecular complexity index is 408. The molecule has 3 unspecified atom stereocenters. The number of phosphoric acid groups is 2. The van der Waals surface area contributed by atoms with Gasteiger partial charge in [0.1, 0.15) is 8.96 Å². The lowest BCUT2D eigenvalue weighted by atomic mass is 10.1. The number of hydroxylamine groups is 1. The molecule has 0 radical (unpaired) electrons. The lowest BCUT2D eigenvalue weighted by Crippen LogP contribution is -2.44. The topological polar surface area (TPSA) is 126 Å². The molecule has 1 saturated carbocycles. The predicted octanol–water partition coefficient (Wildman–Crippen LogP) is 1.55. The maximum absolute atomic E-state index is 11.5. The molecule has 0 amide bonds. The Kier molecular flexibility index (Phi) is 5.54. The molecule has 2 fully saturated rings. The molecule has 1 heterocycles. The molecule has 112 valence electrons. The van der Waals surface area contributed by atoms with Crippen molar-refractivity contribution < 1.29 is 32.2 Å². The van der Waals surface area contributed by atoms with Crippen molar-refractivity contribution in [1.29, 1.82) is 0 Å². The van der Waals surface area contributed by atoms with E-state index in [9.17, 15) is 18.9 Å². The fraction of sp³-hybridized carbons (Fsp3) is 1.00. The number of hydrogen-bond acceptors (Lipinski definition) is 7. The zero-order valence-electron chi connectivity index (χ0n) is 10.0. The van der Waals surface area contributed by atoms with E-state index in [1.807, 2.05) is 0 Å². The normalized spacial score (nSPS) is 47.3. The average molecular weight is 334 g/mol. The Balaban J connectivity index is 2.10. The largest absolute Gasteiger partial charge is 0.497 e. The highest BCUT2D eigenvalue weighted by Gasteiger charge is 2.38. The van der Waals surface area contributed by atoms with Gasteiger partial charge >= 0.3 is 15.6 Å². The van der Waals surface area contributed by atoms with Gasteiger partial charge in [-0.25, -0.2) is 9.13 Å². The van der Waals surface area contributed by atoms with Gasteiger partial charge in [-0.1, -0.05) is 19.3 Å². The SMILES string of the molecule is O=P1(O)ON[C@@H]2CCCCC[C@H]2NPOP(=O)(O)O1. The third kappa shape index (κ3) is 5.14. The van der Waals surface area contributed by atoms with Crippen LogP contribution in [-0.4, -0.2) is 21.9 Å². The van der Waals surface area contributed by atoms with E-state index in [-0.39, 0.29) is 12.1 Å². The van der Waals surface area contributed by atoms with Crippen LogP contribution in [0.15, 0.2) is 0 Å². The Labute approximate surface area is 112 Å². The fourth-order valence-corrected chi connectivity index (χ4v) is 5.13. The monoisotopic (exact) mass is 334 g/mol. The van der Waals surface area contributed by atoms with Crippen LogP contribution in [-0.2, 0) is 22.4 Å². The van der Waals surface area contributed by atoms with Gasteiger partial charge in [-0.15, -0.1) is 0 Å². The van der Waals surface area contributed by atoms with Crippen molar-refractivity contribution in [1.82, 2.24) is 10.6 Å². The summed E-state index contributed by atoms with van der Waals surface area (Å²) in [5.41, 5.74) is 2.48. The summed E-state index contributed by atoms with van der Waals surface area (Å²) in [5.74, 6) is 0. The highest BCUT2D eigenvalue weighted by atomic mass is 31.3. The third-order valence-electron chi connectivity index (χ3n) is 2.95. The lowest BCUT2D eigenvalue weighted by Gasteiger charge is -2.29. The smallest absolute Gasteiger partial charge is 0.302 e. The maximum Gasteiger partial charge on any atom is 0.497 e. The molecule has 0 aromatic heterocycles. The minimum absolute atomic E-state index is 0.0565. The molecule has 2 aliphatic rings. The molecule has 0 aromatic carbocycles. The third-order valence-corrected chi connectivity index (χ3v) is 6.71. The molecule has 4 N–H and O–H groups in total. The first kappa shape index (κ1) is 16.0. The van der Waals surface area contributed by atoms with Gasteiger partial charge in [0.05, 0.1) is 0 Å². The van der Waals surface area contributed by atoms with E-state index in [0.717, 1.165) is 32.1 Å². The summed E-state index contributed by atoms with van der Waals surface area (Å²) >= 11 is 0. The van der Waals surface area contributed by atoms with Gasteiger partial charge in [0.15, 0.2) is 0 Å². The summed E-state index contributed by atoms with van der Waals surface area (Å²) in [6.45, 7) is 0. The van der Waals surface area contributed by atoms with Crippen LogP contribution in [0.1, 0.15) is 32.1 Å². The van der Waals surface area contributed by atoms with Crippen LogP contribution in [0.2, 0.25) is 0 Å². The first-order valence-electron chi connectivity index (χ1n) is 5.88. The predicted molar refractivity (Wildman–Crippen MR) is 68.2 cm³/mol. The van der Waals surface area contributed by atoms with Gasteiger partial charge in [0.2, 0.25) is 0 Å². The summed E-state index contributed by atoms with van der Waals surface area (Å²) in [4.78, 5) is 18.5. The zero-order valence-corrected chi connectivity index (χ0v) is 12.8. The van der Waals surface area contributed by atoms with Crippen molar-refractivity contribution in [2.24, 2.45) is 0 Å². The molecular formula is C7H17N2O7P3. The molecule has 0 bridgehead atoms. The lowest BCUT2D eigenvalue weighted by molar-refractivity contribution is 0.0821. The van der Waals surface area contributed by atoms with Crippen LogP contribution in [0.5, 0.6) is 0 Å². The number of fused-ring (bicyclic) bond motifs is 1. The van der Waals surface area contributed by atoms with Gasteiger partial charge in [-0.3, -0.25) is 9.40 Å². The second-order valence-electron chi connectivity index (χ2n) is 4.42. The van der Waals surface area contributed by atoms with Crippen molar-refractivity contribution >= 4 is 24.6 Å². The number of nitrogens with one attached hydrogen (secondary N) is 2. The van der Waals surface area contributed by atoms with E-state index >= 15 is 0 Å². The fourth-order valence-electron chi connectivity index (χ4n) is 2.08. The van der Waals surface area contributed by atoms with Crippen LogP contribution in [0, 0.1) is 0 Å². The molecule has 0 spiro atoms. The van der Waals surface area contributed by atoms with E-state index in [2.05, 4.69) is 23.8 Å². The summed E-state index contributed by atoms with van der Waals surface area (Å²) < 4.78 is 36.1. The van der Waals surface area contributed by atoms with Crippen LogP contribution >= 0.6 is 24.6 Å². The van der Waals surface area contributed by atoms with Crippen LogP contribution in [0.25, 0.3) is 0 Å². The Hall–Kier alpha value is 0.610. The Morgan fingerprint density at radius 1 is 1.05 bits per heavy atom. The minimum Gasteiger partial charge on any atom is -0.302 e. The van der Waals surface area contributed by atoms with Crippen LogP contribution in [0.3, 0.4) is 0 Å². The summed E-state index contributed by atoms with van der Waals surface area (Å²) in [7, 11) is -9.79. The maximum atomic E-state index is 11.5. The molecule has 1 aliphatic carbocycles. The van der Waals surface area contributed by atoms with E-state index in [4.69, 9.17) is 0 Å². The van der Waals surface area contributed by atoms with Gasteiger partial charge in [-0.05, 0) is 12.8 Å². The first-order chi connectivity index (χ1) is 8.88. The number of rotatable bonds is 0. The average Bonchev–Trinajstić information content (AvgIpc) is 2.49. The van der Waals surface area contributed by atoms with Crippen molar-refractivity contribution in [2.45, 2.75) is 44.2 Å². The summed E-state index contributed by atoms with van der Waals surface area (Å²) in [6.07, 6.45) is 4.62. The van der Waals surface area contributed by atoms with Crippen LogP contribution in [0.4, 0.5) is 0 Å². The molecule has 0 aromatic rings. The highest BCUT2D eigenvalue weighted by molar-refractivity contribution is 7.64. The molecule has 2 rings (SSSR count). The van der Waals surface area contributed by atoms with Crippen molar-refractivity contribution in [3.8, 4) is 0 Å².